The maximum atomic E-state index is 12.7. The first kappa shape index (κ1) is 13.5. The summed E-state index contributed by atoms with van der Waals surface area (Å²) in [5.74, 6) is -0.590. The molecule has 0 bridgehead atoms. The predicted octanol–water partition coefficient (Wildman–Crippen LogP) is 4.12. The zero-order valence-corrected chi connectivity index (χ0v) is 12.9. The summed E-state index contributed by atoms with van der Waals surface area (Å²) in [6, 6.07) is 13.9. The van der Waals surface area contributed by atoms with Crippen molar-refractivity contribution < 1.29 is 9.59 Å². The lowest BCUT2D eigenvalue weighted by atomic mass is 10.1. The van der Waals surface area contributed by atoms with Gasteiger partial charge in [-0.25, -0.2) is 0 Å². The average molecular weight is 326 g/mol. The Hall–Kier alpha value is -2.18. The highest BCUT2D eigenvalue weighted by Crippen LogP contribution is 2.47. The first-order valence-electron chi connectivity index (χ1n) is 6.54. The van der Waals surface area contributed by atoms with E-state index in [0.29, 0.717) is 16.0 Å². The molecule has 0 amide bonds. The lowest BCUT2D eigenvalue weighted by Crippen LogP contribution is -2.07. The van der Waals surface area contributed by atoms with Crippen LogP contribution in [-0.4, -0.2) is 11.6 Å². The monoisotopic (exact) mass is 326 g/mol. The van der Waals surface area contributed by atoms with Gasteiger partial charge in [0.25, 0.3) is 0 Å². The van der Waals surface area contributed by atoms with Gasteiger partial charge in [-0.2, -0.15) is 0 Å². The fraction of sp³-hybridized carbons (Fsp3) is 0. The first-order chi connectivity index (χ1) is 10.5. The van der Waals surface area contributed by atoms with Crippen molar-refractivity contribution >= 4 is 32.9 Å². The number of fused-ring (bicyclic) bond motifs is 2. The van der Waals surface area contributed by atoms with Gasteiger partial charge in [0.15, 0.2) is 0 Å². The Morgan fingerprint density at radius 3 is 2.14 bits per heavy atom. The number of carbonyl (C=O) groups is 2. The SMILES string of the molecule is N=S1(=N)/C(=C2\Sc3ccccc3C2=O)C(=O)c2ccccc21. The molecule has 0 saturated carbocycles. The number of rotatable bonds is 0. The van der Waals surface area contributed by atoms with Crippen molar-refractivity contribution in [2.24, 2.45) is 0 Å². The molecule has 22 heavy (non-hydrogen) atoms. The zero-order chi connectivity index (χ0) is 15.5. The van der Waals surface area contributed by atoms with E-state index in [2.05, 4.69) is 0 Å². The number of benzene rings is 2. The van der Waals surface area contributed by atoms with Crippen molar-refractivity contribution in [3.8, 4) is 0 Å². The van der Waals surface area contributed by atoms with Crippen LogP contribution in [0.4, 0.5) is 0 Å². The van der Waals surface area contributed by atoms with E-state index >= 15 is 0 Å². The molecular weight excluding hydrogens is 316 g/mol. The van der Waals surface area contributed by atoms with E-state index in [4.69, 9.17) is 9.56 Å². The molecule has 0 aliphatic carbocycles. The molecule has 2 aliphatic rings. The van der Waals surface area contributed by atoms with Crippen molar-refractivity contribution in [1.29, 1.82) is 9.56 Å². The second-order valence-corrected chi connectivity index (χ2v) is 8.15. The van der Waals surface area contributed by atoms with Crippen LogP contribution in [0, 0.1) is 9.56 Å². The van der Waals surface area contributed by atoms with E-state index in [1.54, 1.807) is 36.4 Å². The van der Waals surface area contributed by atoms with Crippen LogP contribution < -0.4 is 0 Å². The van der Waals surface area contributed by atoms with Crippen molar-refractivity contribution in [3.05, 3.63) is 69.5 Å². The van der Waals surface area contributed by atoms with Crippen molar-refractivity contribution in [3.63, 3.8) is 0 Å². The van der Waals surface area contributed by atoms with Crippen LogP contribution >= 0.6 is 11.8 Å². The molecular formula is C16H10N2O2S2. The third-order valence-electron chi connectivity index (χ3n) is 3.73. The number of hydrogen-bond donors (Lipinski definition) is 2. The molecule has 108 valence electrons. The molecule has 0 unspecified atom stereocenters. The molecule has 0 atom stereocenters. The highest BCUT2D eigenvalue weighted by Gasteiger charge is 2.40. The number of carbonyl (C=O) groups excluding carboxylic acids is 2. The average Bonchev–Trinajstić information content (AvgIpc) is 2.94. The lowest BCUT2D eigenvalue weighted by molar-refractivity contribution is 0.101. The van der Waals surface area contributed by atoms with Gasteiger partial charge in [-0.15, -0.1) is 0 Å². The van der Waals surface area contributed by atoms with Crippen LogP contribution in [0.15, 0.2) is 68.1 Å². The number of Topliss-reactive ketones (excluding diaryl/α,β-unsaturated/α-hetero) is 2. The van der Waals surface area contributed by atoms with Crippen LogP contribution in [0.2, 0.25) is 0 Å². The molecule has 2 aromatic carbocycles. The van der Waals surface area contributed by atoms with Crippen LogP contribution in [0.25, 0.3) is 0 Å². The summed E-state index contributed by atoms with van der Waals surface area (Å²) in [5.41, 5.74) is 0.934. The smallest absolute Gasteiger partial charge is 0.204 e. The molecule has 2 aromatic rings. The van der Waals surface area contributed by atoms with Gasteiger partial charge in [0.1, 0.15) is 0 Å². The van der Waals surface area contributed by atoms with Crippen LogP contribution in [0.1, 0.15) is 20.7 Å². The summed E-state index contributed by atoms with van der Waals surface area (Å²) in [5, 5.41) is 0. The Balaban J connectivity index is 2.00. The van der Waals surface area contributed by atoms with Crippen LogP contribution in [0.3, 0.4) is 0 Å². The maximum Gasteiger partial charge on any atom is 0.204 e. The van der Waals surface area contributed by atoms with Crippen molar-refractivity contribution in [2.45, 2.75) is 9.79 Å². The minimum Gasteiger partial charge on any atom is -0.288 e. The Morgan fingerprint density at radius 2 is 1.45 bits per heavy atom. The van der Waals surface area contributed by atoms with Gasteiger partial charge in [-0.1, -0.05) is 36.0 Å². The summed E-state index contributed by atoms with van der Waals surface area (Å²) >= 11 is 1.21. The third-order valence-corrected chi connectivity index (χ3v) is 7.05. The highest BCUT2D eigenvalue weighted by molar-refractivity contribution is 8.06. The molecule has 2 N–H and O–H groups in total. The summed E-state index contributed by atoms with van der Waals surface area (Å²) in [6.45, 7) is 0. The molecule has 0 spiro atoms. The van der Waals surface area contributed by atoms with Gasteiger partial charge in [-0.3, -0.25) is 19.1 Å². The highest BCUT2D eigenvalue weighted by atomic mass is 32.2. The summed E-state index contributed by atoms with van der Waals surface area (Å²) in [7, 11) is -2.94. The lowest BCUT2D eigenvalue weighted by Gasteiger charge is -2.06. The summed E-state index contributed by atoms with van der Waals surface area (Å²) < 4.78 is 16.8. The van der Waals surface area contributed by atoms with E-state index in [-0.39, 0.29) is 21.4 Å². The molecule has 6 heteroatoms. The Bertz CT molecular complexity index is 1000. The summed E-state index contributed by atoms with van der Waals surface area (Å²) in [6.07, 6.45) is 0. The van der Waals surface area contributed by atoms with Crippen LogP contribution in [-0.2, 0) is 9.62 Å². The quantitative estimate of drug-likeness (QED) is 0.714. The second-order valence-electron chi connectivity index (χ2n) is 5.02. The third kappa shape index (κ3) is 1.62. The standard InChI is InChI=1S/C16H10N2O2S2/c17-22(18)12-8-4-2-6-10(12)14(20)16(22)15-13(19)9-5-1-3-7-11(9)21-15/h1-8,17-18H/b16-15-. The van der Waals surface area contributed by atoms with Gasteiger partial charge in [0, 0.05) is 20.9 Å². The topological polar surface area (TPSA) is 81.8 Å². The van der Waals surface area contributed by atoms with E-state index in [0.717, 1.165) is 4.90 Å². The molecule has 2 heterocycles. The van der Waals surface area contributed by atoms with Gasteiger partial charge >= 0.3 is 0 Å². The van der Waals surface area contributed by atoms with E-state index in [1.807, 2.05) is 12.1 Å². The Kier molecular flexibility index (Phi) is 2.70. The van der Waals surface area contributed by atoms with Gasteiger partial charge in [0.05, 0.1) is 9.81 Å². The molecule has 4 nitrogen and oxygen atoms in total. The molecule has 4 rings (SSSR count). The van der Waals surface area contributed by atoms with E-state index < -0.39 is 9.62 Å². The number of hydrogen-bond acceptors (Lipinski definition) is 5. The zero-order valence-electron chi connectivity index (χ0n) is 11.3. The molecule has 0 fully saturated rings. The van der Waals surface area contributed by atoms with Crippen molar-refractivity contribution in [1.82, 2.24) is 0 Å². The molecule has 0 radical (unpaired) electrons. The van der Waals surface area contributed by atoms with Crippen molar-refractivity contribution in [2.75, 3.05) is 0 Å². The fourth-order valence-electron chi connectivity index (χ4n) is 2.71. The largest absolute Gasteiger partial charge is 0.288 e. The molecule has 0 aromatic heterocycles. The summed E-state index contributed by atoms with van der Waals surface area (Å²) in [4.78, 5) is 26.8. The number of thioether (sulfide) groups is 1. The molecule has 2 aliphatic heterocycles. The number of ketones is 2. The molecule has 0 saturated heterocycles. The maximum absolute atomic E-state index is 12.7. The Labute approximate surface area is 131 Å². The second kappa shape index (κ2) is 4.41. The van der Waals surface area contributed by atoms with E-state index in [1.165, 1.54) is 11.8 Å². The number of allylic oxidation sites excluding steroid dienone is 2. The first-order valence-corrected chi connectivity index (χ1v) is 8.99. The normalized spacial score (nSPS) is 21.8. The minimum absolute atomic E-state index is 0.0555. The van der Waals surface area contributed by atoms with Gasteiger partial charge in [-0.05, 0) is 33.9 Å². The van der Waals surface area contributed by atoms with Gasteiger partial charge in [0.2, 0.25) is 11.6 Å². The van der Waals surface area contributed by atoms with Crippen LogP contribution in [0.5, 0.6) is 0 Å². The van der Waals surface area contributed by atoms with E-state index in [9.17, 15) is 9.59 Å². The van der Waals surface area contributed by atoms with Gasteiger partial charge < -0.3 is 0 Å². The fourth-order valence-corrected chi connectivity index (χ4v) is 5.98. The minimum atomic E-state index is -2.94. The predicted molar refractivity (Wildman–Crippen MR) is 85.5 cm³/mol. The Morgan fingerprint density at radius 1 is 0.818 bits per heavy atom. The number of nitrogens with one attached hydrogen (secondary N) is 2.